The van der Waals surface area contributed by atoms with Gasteiger partial charge in [-0.05, 0) is 5.53 Å². The summed E-state index contributed by atoms with van der Waals surface area (Å²) >= 11 is 0. The Kier molecular flexibility index (Phi) is 6.76. The third kappa shape index (κ3) is 5.40. The predicted octanol–water partition coefficient (Wildman–Crippen LogP) is -0.191. The molecule has 0 bridgehead atoms. The Bertz CT molecular complexity index is 518. The van der Waals surface area contributed by atoms with E-state index in [2.05, 4.69) is 10.0 Å². The number of rotatable bonds is 5. The average Bonchev–Trinajstić information content (AvgIpc) is 2.42. The minimum absolute atomic E-state index is 0.356. The van der Waals surface area contributed by atoms with Crippen LogP contribution in [0.25, 0.3) is 10.4 Å². The fraction of sp³-hybridized carbons (Fsp3) is 0.750. The summed E-state index contributed by atoms with van der Waals surface area (Å²) in [6.45, 7) is 3.01. The lowest BCUT2D eigenvalue weighted by Gasteiger charge is -2.41. The highest BCUT2D eigenvalue weighted by Crippen LogP contribution is 2.28. The molecule has 1 aliphatic rings. The summed E-state index contributed by atoms with van der Waals surface area (Å²) in [5, 5.41) is 13.2. The number of carbonyl (C=O) groups is 3. The van der Waals surface area contributed by atoms with Gasteiger partial charge in [-0.1, -0.05) is 5.11 Å². The molecule has 11 nitrogen and oxygen atoms in total. The Balaban J connectivity index is 3.11. The molecule has 0 aromatic carbocycles. The van der Waals surface area contributed by atoms with E-state index >= 15 is 0 Å². The molecule has 0 aromatic heterocycles. The van der Waals surface area contributed by atoms with Gasteiger partial charge in [0.2, 0.25) is 0 Å². The standard InChI is InChI=1S/C12H17N3O8/c1-5(16)20-4-8-10(21-6(2)17)11(22-7(3)18)9(14-15-13)12(19)23-8/h8-12,19H,4H2,1-3H3/t8-,9-,10-,11-,12+/m1/s1. The lowest BCUT2D eigenvalue weighted by Crippen LogP contribution is -2.60. The number of nitrogens with zero attached hydrogens (tertiary/aromatic N) is 3. The minimum atomic E-state index is -1.64. The highest BCUT2D eigenvalue weighted by Gasteiger charge is 2.49. The lowest BCUT2D eigenvalue weighted by molar-refractivity contribution is -0.260. The van der Waals surface area contributed by atoms with Gasteiger partial charge in [0.15, 0.2) is 18.5 Å². The van der Waals surface area contributed by atoms with Crippen molar-refractivity contribution < 1.29 is 38.4 Å². The molecule has 0 unspecified atom stereocenters. The van der Waals surface area contributed by atoms with Crippen LogP contribution in [0.15, 0.2) is 5.11 Å². The fourth-order valence-corrected chi connectivity index (χ4v) is 2.08. The maximum absolute atomic E-state index is 11.3. The van der Waals surface area contributed by atoms with Gasteiger partial charge in [-0.25, -0.2) is 0 Å². The van der Waals surface area contributed by atoms with Crippen LogP contribution < -0.4 is 0 Å². The number of aliphatic hydroxyl groups excluding tert-OH is 1. The minimum Gasteiger partial charge on any atom is -0.463 e. The molecule has 1 saturated heterocycles. The highest BCUT2D eigenvalue weighted by molar-refractivity contribution is 5.67. The molecule has 1 N–H and O–H groups in total. The first-order valence-corrected chi connectivity index (χ1v) is 6.61. The van der Waals surface area contributed by atoms with Crippen LogP contribution in [-0.4, -0.2) is 60.3 Å². The van der Waals surface area contributed by atoms with Crippen molar-refractivity contribution in [2.45, 2.75) is 51.4 Å². The van der Waals surface area contributed by atoms with Gasteiger partial charge < -0.3 is 24.1 Å². The van der Waals surface area contributed by atoms with Crippen LogP contribution in [0.2, 0.25) is 0 Å². The van der Waals surface area contributed by atoms with E-state index in [1.807, 2.05) is 0 Å². The SMILES string of the molecule is CC(=O)OC[C@H]1O[C@H](O)[C@H](N=[N+]=[N-])[C@@H](OC(C)=O)[C@@H]1OC(C)=O. The van der Waals surface area contributed by atoms with Gasteiger partial charge in [-0.15, -0.1) is 0 Å². The number of carbonyl (C=O) groups excluding carboxylic acids is 3. The first-order chi connectivity index (χ1) is 10.8. The van der Waals surface area contributed by atoms with Gasteiger partial charge in [0.25, 0.3) is 0 Å². The van der Waals surface area contributed by atoms with Crippen molar-refractivity contribution in [3.63, 3.8) is 0 Å². The van der Waals surface area contributed by atoms with Crippen LogP contribution in [-0.2, 0) is 33.3 Å². The number of ether oxygens (including phenoxy) is 4. The topological polar surface area (TPSA) is 157 Å². The molecule has 0 amide bonds. The molecule has 0 spiro atoms. The second kappa shape index (κ2) is 8.32. The molecule has 1 aliphatic heterocycles. The predicted molar refractivity (Wildman–Crippen MR) is 71.6 cm³/mol. The first-order valence-electron chi connectivity index (χ1n) is 6.61. The van der Waals surface area contributed by atoms with Crippen LogP contribution in [0.1, 0.15) is 20.8 Å². The number of hydrogen-bond donors (Lipinski definition) is 1. The molecule has 0 radical (unpaired) electrons. The number of aliphatic hydroxyl groups is 1. The van der Waals surface area contributed by atoms with E-state index in [1.54, 1.807) is 0 Å². The number of azide groups is 1. The summed E-state index contributed by atoms with van der Waals surface area (Å²) in [6.07, 6.45) is -5.26. The van der Waals surface area contributed by atoms with Crippen molar-refractivity contribution in [2.24, 2.45) is 5.11 Å². The molecule has 128 valence electrons. The maximum Gasteiger partial charge on any atom is 0.303 e. The van der Waals surface area contributed by atoms with E-state index in [4.69, 9.17) is 24.5 Å². The normalized spacial score (nSPS) is 29.8. The van der Waals surface area contributed by atoms with E-state index in [9.17, 15) is 19.5 Å². The fourth-order valence-electron chi connectivity index (χ4n) is 2.08. The lowest BCUT2D eigenvalue weighted by atomic mass is 9.97. The van der Waals surface area contributed by atoms with Gasteiger partial charge in [-0.3, -0.25) is 14.4 Å². The van der Waals surface area contributed by atoms with Crippen LogP contribution in [0.4, 0.5) is 0 Å². The van der Waals surface area contributed by atoms with Crippen molar-refractivity contribution in [3.05, 3.63) is 10.4 Å². The molecule has 1 rings (SSSR count). The van der Waals surface area contributed by atoms with Crippen LogP contribution in [0.5, 0.6) is 0 Å². The van der Waals surface area contributed by atoms with E-state index in [0.717, 1.165) is 20.8 Å². The van der Waals surface area contributed by atoms with E-state index in [-0.39, 0.29) is 6.61 Å². The molecule has 23 heavy (non-hydrogen) atoms. The van der Waals surface area contributed by atoms with E-state index < -0.39 is 48.6 Å². The molecule has 1 heterocycles. The summed E-state index contributed by atoms with van der Waals surface area (Å²) in [7, 11) is 0. The third-order valence-corrected chi connectivity index (χ3v) is 2.87. The largest absolute Gasteiger partial charge is 0.463 e. The van der Waals surface area contributed by atoms with Crippen LogP contribution in [0.3, 0.4) is 0 Å². The van der Waals surface area contributed by atoms with Crippen molar-refractivity contribution in [1.29, 1.82) is 0 Å². The van der Waals surface area contributed by atoms with Gasteiger partial charge >= 0.3 is 17.9 Å². The van der Waals surface area contributed by atoms with E-state index in [1.165, 1.54) is 0 Å². The molecule has 5 atom stereocenters. The smallest absolute Gasteiger partial charge is 0.303 e. The summed E-state index contributed by atoms with van der Waals surface area (Å²) in [5.41, 5.74) is 8.57. The van der Waals surface area contributed by atoms with Gasteiger partial charge in [0, 0.05) is 25.7 Å². The summed E-state index contributed by atoms with van der Waals surface area (Å²) < 4.78 is 20.0. The Morgan fingerprint density at radius 2 is 1.70 bits per heavy atom. The molecule has 0 aliphatic carbocycles. The number of esters is 3. The monoisotopic (exact) mass is 331 g/mol. The van der Waals surface area contributed by atoms with Gasteiger partial charge in [-0.2, -0.15) is 0 Å². The Hall–Kier alpha value is -2.36. The zero-order chi connectivity index (χ0) is 17.6. The second-order valence-electron chi connectivity index (χ2n) is 4.71. The summed E-state index contributed by atoms with van der Waals surface area (Å²) in [5.74, 6) is -2.09. The van der Waals surface area contributed by atoms with Gasteiger partial charge in [0.1, 0.15) is 18.8 Å². The van der Waals surface area contributed by atoms with E-state index in [0.29, 0.717) is 0 Å². The van der Waals surface area contributed by atoms with Crippen molar-refractivity contribution in [2.75, 3.05) is 6.61 Å². The maximum atomic E-state index is 11.3. The Labute approximate surface area is 131 Å². The second-order valence-corrected chi connectivity index (χ2v) is 4.71. The van der Waals surface area contributed by atoms with Gasteiger partial charge in [0.05, 0.1) is 0 Å². The summed E-state index contributed by atoms with van der Waals surface area (Å²) in [4.78, 5) is 36.0. The quantitative estimate of drug-likeness (QED) is 0.239. The van der Waals surface area contributed by atoms with Crippen LogP contribution >= 0.6 is 0 Å². The zero-order valence-corrected chi connectivity index (χ0v) is 12.7. The summed E-state index contributed by atoms with van der Waals surface area (Å²) in [6, 6.07) is -1.33. The third-order valence-electron chi connectivity index (χ3n) is 2.87. The van der Waals surface area contributed by atoms with Crippen molar-refractivity contribution in [3.8, 4) is 0 Å². The molecule has 1 fully saturated rings. The average molecular weight is 331 g/mol. The number of hydrogen-bond acceptors (Lipinski definition) is 9. The molecular weight excluding hydrogens is 314 g/mol. The molecular formula is C12H17N3O8. The Morgan fingerprint density at radius 3 is 2.17 bits per heavy atom. The first kappa shape index (κ1) is 18.7. The van der Waals surface area contributed by atoms with Crippen molar-refractivity contribution >= 4 is 17.9 Å². The highest BCUT2D eigenvalue weighted by atomic mass is 16.7. The van der Waals surface area contributed by atoms with Crippen LogP contribution in [0, 0.1) is 0 Å². The zero-order valence-electron chi connectivity index (χ0n) is 12.7. The molecule has 11 heteroatoms. The molecule has 0 aromatic rings. The van der Waals surface area contributed by atoms with Crippen molar-refractivity contribution in [1.82, 2.24) is 0 Å². The molecule has 0 saturated carbocycles. The Morgan fingerprint density at radius 1 is 1.13 bits per heavy atom.